The van der Waals surface area contributed by atoms with Crippen molar-refractivity contribution >= 4 is 59.2 Å². The summed E-state index contributed by atoms with van der Waals surface area (Å²) in [6.45, 7) is 0. The molecule has 15 heavy (non-hydrogen) atoms. The minimum absolute atomic E-state index is 1.01. The van der Waals surface area contributed by atoms with Gasteiger partial charge in [0, 0.05) is 33.7 Å². The predicted molar refractivity (Wildman–Crippen MR) is 78.3 cm³/mol. The molecule has 0 aliphatic heterocycles. The third-order valence-electron chi connectivity index (χ3n) is 2.07. The third-order valence-corrected chi connectivity index (χ3v) is 6.85. The fourth-order valence-corrected chi connectivity index (χ4v) is 5.72. The lowest BCUT2D eigenvalue weighted by molar-refractivity contribution is 0.140. The van der Waals surface area contributed by atoms with Crippen LogP contribution in [0, 0.1) is 7.14 Å². The molecule has 84 valence electrons. The quantitative estimate of drug-likeness (QED) is 0.519. The van der Waals surface area contributed by atoms with E-state index in [4.69, 9.17) is 13.3 Å². The first-order valence-corrected chi connectivity index (χ1v) is 8.09. The van der Waals surface area contributed by atoms with Crippen LogP contribution in [0.5, 0.6) is 0 Å². The minimum atomic E-state index is -2.67. The van der Waals surface area contributed by atoms with Crippen molar-refractivity contribution in [2.45, 2.75) is 0 Å². The van der Waals surface area contributed by atoms with Crippen LogP contribution in [0.15, 0.2) is 18.2 Å². The minimum Gasteiger partial charge on any atom is -0.373 e. The zero-order chi connectivity index (χ0) is 11.5. The van der Waals surface area contributed by atoms with Crippen LogP contribution in [-0.2, 0) is 13.3 Å². The van der Waals surface area contributed by atoms with E-state index in [2.05, 4.69) is 51.2 Å². The summed E-state index contributed by atoms with van der Waals surface area (Å²) in [4.78, 5) is 0. The molecule has 0 heterocycles. The fraction of sp³-hybridized carbons (Fsp3) is 0.333. The van der Waals surface area contributed by atoms with Crippen LogP contribution in [-0.4, -0.2) is 30.1 Å². The van der Waals surface area contributed by atoms with Crippen LogP contribution in [0.25, 0.3) is 0 Å². The van der Waals surface area contributed by atoms with Crippen LogP contribution in [0.3, 0.4) is 0 Å². The largest absolute Gasteiger partial charge is 0.537 e. The maximum absolute atomic E-state index is 5.43. The van der Waals surface area contributed by atoms with Gasteiger partial charge in [0.15, 0.2) is 0 Å². The van der Waals surface area contributed by atoms with Crippen molar-refractivity contribution in [3.8, 4) is 0 Å². The molecule has 0 N–H and O–H groups in total. The molecule has 1 aromatic rings. The summed E-state index contributed by atoms with van der Waals surface area (Å²) in [5, 5.41) is 1.01. The van der Waals surface area contributed by atoms with Crippen molar-refractivity contribution in [3.63, 3.8) is 0 Å². The summed E-state index contributed by atoms with van der Waals surface area (Å²) in [7, 11) is 2.18. The molecule has 6 heteroatoms. The Morgan fingerprint density at radius 3 is 1.93 bits per heavy atom. The molecule has 0 spiro atoms. The Hall–Kier alpha value is 0.777. The van der Waals surface area contributed by atoms with Gasteiger partial charge in [-0.2, -0.15) is 0 Å². The van der Waals surface area contributed by atoms with Gasteiger partial charge in [-0.25, -0.2) is 0 Å². The molecule has 3 nitrogen and oxygen atoms in total. The van der Waals surface area contributed by atoms with Crippen molar-refractivity contribution in [1.29, 1.82) is 0 Å². The Bertz CT molecular complexity index is 334. The van der Waals surface area contributed by atoms with E-state index in [1.54, 1.807) is 21.3 Å². The van der Waals surface area contributed by atoms with E-state index in [0.29, 0.717) is 0 Å². The van der Waals surface area contributed by atoms with Gasteiger partial charge in [-0.1, -0.05) is 6.07 Å². The Morgan fingerprint density at radius 2 is 1.53 bits per heavy atom. The number of rotatable bonds is 4. The lowest BCUT2D eigenvalue weighted by atomic mass is 10.4. The molecule has 0 aliphatic rings. The van der Waals surface area contributed by atoms with Gasteiger partial charge in [0.2, 0.25) is 0 Å². The van der Waals surface area contributed by atoms with Crippen LogP contribution >= 0.6 is 45.2 Å². The maximum atomic E-state index is 5.43. The van der Waals surface area contributed by atoms with E-state index in [1.165, 1.54) is 3.57 Å². The van der Waals surface area contributed by atoms with Gasteiger partial charge in [-0.3, -0.25) is 0 Å². The van der Waals surface area contributed by atoms with E-state index in [1.807, 2.05) is 12.1 Å². The first-order chi connectivity index (χ1) is 7.09. The highest BCUT2D eigenvalue weighted by Crippen LogP contribution is 2.15. The highest BCUT2D eigenvalue weighted by atomic mass is 127. The van der Waals surface area contributed by atoms with Gasteiger partial charge in [-0.05, 0) is 57.3 Å². The topological polar surface area (TPSA) is 27.7 Å². The molecule has 0 bridgehead atoms. The summed E-state index contributed by atoms with van der Waals surface area (Å²) in [5.74, 6) is 0. The Kier molecular flexibility index (Phi) is 5.46. The molecule has 0 atom stereocenters. The average Bonchev–Trinajstić information content (AvgIpc) is 2.23. The second-order valence-electron chi connectivity index (χ2n) is 2.79. The van der Waals surface area contributed by atoms with E-state index < -0.39 is 8.80 Å². The van der Waals surface area contributed by atoms with E-state index in [9.17, 15) is 0 Å². The van der Waals surface area contributed by atoms with Gasteiger partial charge >= 0.3 is 8.80 Å². The Balaban J connectivity index is 3.22. The second kappa shape index (κ2) is 5.91. The molecule has 0 aromatic heterocycles. The van der Waals surface area contributed by atoms with Crippen LogP contribution in [0.2, 0.25) is 0 Å². The van der Waals surface area contributed by atoms with Crippen LogP contribution in [0.4, 0.5) is 0 Å². The molecule has 0 unspecified atom stereocenters. The van der Waals surface area contributed by atoms with Gasteiger partial charge in [-0.15, -0.1) is 0 Å². The number of benzene rings is 1. The smallest absolute Gasteiger partial charge is 0.373 e. The van der Waals surface area contributed by atoms with Gasteiger partial charge in [0.1, 0.15) is 0 Å². The highest BCUT2D eigenvalue weighted by molar-refractivity contribution is 14.1. The second-order valence-corrected chi connectivity index (χ2v) is 8.08. The van der Waals surface area contributed by atoms with Crippen LogP contribution < -0.4 is 5.19 Å². The molecule has 0 amide bonds. The monoisotopic (exact) mass is 450 g/mol. The van der Waals surface area contributed by atoms with Crippen molar-refractivity contribution < 1.29 is 13.3 Å². The van der Waals surface area contributed by atoms with Gasteiger partial charge in [0.25, 0.3) is 0 Å². The molecular weight excluding hydrogens is 438 g/mol. The van der Waals surface area contributed by atoms with Crippen molar-refractivity contribution in [2.24, 2.45) is 0 Å². The highest BCUT2D eigenvalue weighted by Gasteiger charge is 2.42. The molecular formula is C9H12I2O3Si. The lowest BCUT2D eigenvalue weighted by Crippen LogP contribution is -2.55. The number of hydrogen-bond donors (Lipinski definition) is 0. The standard InChI is InChI=1S/C9H12I2O3Si/c1-12-15(13-2,14-3)9-5-4-7(10)6-8(9)11/h4-6H,1-3H3. The molecule has 0 saturated carbocycles. The zero-order valence-electron chi connectivity index (χ0n) is 8.71. The zero-order valence-corrected chi connectivity index (χ0v) is 14.0. The summed E-state index contributed by atoms with van der Waals surface area (Å²) >= 11 is 4.55. The van der Waals surface area contributed by atoms with Crippen LogP contribution in [0.1, 0.15) is 0 Å². The first-order valence-electron chi connectivity index (χ1n) is 4.20. The number of halogens is 2. The van der Waals surface area contributed by atoms with Crippen molar-refractivity contribution in [3.05, 3.63) is 25.3 Å². The van der Waals surface area contributed by atoms with Crippen molar-refractivity contribution in [1.82, 2.24) is 0 Å². The normalized spacial score (nSPS) is 11.8. The predicted octanol–water partition coefficient (Wildman–Crippen LogP) is 1.98. The SMILES string of the molecule is CO[Si](OC)(OC)c1ccc(I)cc1I. The molecule has 0 fully saturated rings. The fourth-order valence-electron chi connectivity index (χ4n) is 1.32. The Labute approximate surface area is 118 Å². The maximum Gasteiger partial charge on any atom is 0.537 e. The van der Waals surface area contributed by atoms with Crippen molar-refractivity contribution in [2.75, 3.05) is 21.3 Å². The molecule has 1 aromatic carbocycles. The summed E-state index contributed by atoms with van der Waals surface area (Å²) in [6.07, 6.45) is 0. The molecule has 0 saturated heterocycles. The van der Waals surface area contributed by atoms with E-state index in [0.717, 1.165) is 8.76 Å². The molecule has 0 aliphatic carbocycles. The first kappa shape index (κ1) is 13.8. The molecule has 1 rings (SSSR count). The third kappa shape index (κ3) is 2.91. The summed E-state index contributed by atoms with van der Waals surface area (Å²) < 4.78 is 18.6. The van der Waals surface area contributed by atoms with Gasteiger partial charge < -0.3 is 13.3 Å². The molecule has 0 radical (unpaired) electrons. The average molecular weight is 450 g/mol. The van der Waals surface area contributed by atoms with Gasteiger partial charge in [0.05, 0.1) is 0 Å². The number of hydrogen-bond acceptors (Lipinski definition) is 3. The van der Waals surface area contributed by atoms with E-state index >= 15 is 0 Å². The summed E-state index contributed by atoms with van der Waals surface area (Å²) in [6, 6.07) is 6.11. The summed E-state index contributed by atoms with van der Waals surface area (Å²) in [5.41, 5.74) is 0. The Morgan fingerprint density at radius 1 is 1.00 bits per heavy atom. The van der Waals surface area contributed by atoms with E-state index in [-0.39, 0.29) is 0 Å². The lowest BCUT2D eigenvalue weighted by Gasteiger charge is -2.25.